The first-order valence-electron chi connectivity index (χ1n) is 23.3. The fraction of sp³-hybridized carbons (Fsp3) is 0.870. The minimum Gasteiger partial charge on any atom is -0.462 e. The number of unbranched alkanes of at least 4 members (excludes halogenated alkanes) is 26. The van der Waals surface area contributed by atoms with Gasteiger partial charge in [0.05, 0.1) is 19.8 Å². The summed E-state index contributed by atoms with van der Waals surface area (Å²) in [6.45, 7) is 2.34. The molecule has 0 spiro atoms. The van der Waals surface area contributed by atoms with Crippen molar-refractivity contribution in [2.45, 2.75) is 232 Å². The van der Waals surface area contributed by atoms with Gasteiger partial charge in [-0.2, -0.15) is 0 Å². The first-order valence-corrected chi connectivity index (χ1v) is 24.8. The van der Waals surface area contributed by atoms with E-state index in [1.165, 1.54) is 148 Å². The van der Waals surface area contributed by atoms with Crippen LogP contribution in [-0.2, 0) is 32.7 Å². The van der Waals surface area contributed by atoms with Crippen LogP contribution < -0.4 is 0 Å². The van der Waals surface area contributed by atoms with E-state index in [4.69, 9.17) is 19.1 Å². The van der Waals surface area contributed by atoms with Crippen LogP contribution in [0.3, 0.4) is 0 Å². The molecule has 0 aromatic rings. The molecule has 0 aliphatic heterocycles. The van der Waals surface area contributed by atoms with Crippen LogP contribution in [0.15, 0.2) is 24.3 Å². The van der Waals surface area contributed by atoms with Gasteiger partial charge in [0, 0.05) is 12.8 Å². The SMILES string of the molecule is CCCCCCCC/C=C/C/C=C/CCC(=O)OC(COC(=O)CCCCCCCCCCCCCCCCCCCCCCC)COP(=O)(O)OC[C@H](O)CO. The maximum absolute atomic E-state index is 12.6. The molecule has 0 radical (unpaired) electrons. The molecule has 57 heavy (non-hydrogen) atoms. The van der Waals surface area contributed by atoms with Gasteiger partial charge < -0.3 is 24.6 Å². The van der Waals surface area contributed by atoms with Gasteiger partial charge in [-0.25, -0.2) is 4.57 Å². The molecule has 0 saturated carbocycles. The predicted octanol–water partition coefficient (Wildman–Crippen LogP) is 12.6. The highest BCUT2D eigenvalue weighted by atomic mass is 31.2. The van der Waals surface area contributed by atoms with Gasteiger partial charge in [-0.05, 0) is 32.1 Å². The lowest BCUT2D eigenvalue weighted by Gasteiger charge is -2.20. The molecule has 0 rings (SSSR count). The molecule has 0 aromatic carbocycles. The number of hydrogen-bond acceptors (Lipinski definition) is 9. The minimum absolute atomic E-state index is 0.0812. The summed E-state index contributed by atoms with van der Waals surface area (Å²) in [5.41, 5.74) is 0. The first-order chi connectivity index (χ1) is 27.7. The van der Waals surface area contributed by atoms with Gasteiger partial charge >= 0.3 is 19.8 Å². The number of carbonyl (C=O) groups is 2. The third-order valence-electron chi connectivity index (χ3n) is 10.1. The Kier molecular flexibility index (Phi) is 41.4. The number of aliphatic hydroxyl groups is 2. The molecular weight excluding hydrogens is 743 g/mol. The zero-order chi connectivity index (χ0) is 41.9. The predicted molar refractivity (Wildman–Crippen MR) is 233 cm³/mol. The van der Waals surface area contributed by atoms with Crippen LogP contribution in [0, 0.1) is 0 Å². The fourth-order valence-corrected chi connectivity index (χ4v) is 7.31. The van der Waals surface area contributed by atoms with Crippen LogP contribution in [0.4, 0.5) is 0 Å². The standard InChI is InChI=1S/C46H87O10P/c1-3-5-7-9-11-13-15-17-18-19-20-21-22-23-24-26-27-29-31-33-35-37-45(49)53-41-44(42-55-57(51,52)54-40-43(48)39-47)56-46(50)38-36-34-32-30-28-25-16-14-12-10-8-6-4-2/h25,28,32,34,43-44,47-48H,3-24,26-27,29-31,33,35-42H2,1-2H3,(H,51,52)/b28-25+,34-32+/t43-,44?/m1/s1. The molecule has 0 bridgehead atoms. The second-order valence-electron chi connectivity index (χ2n) is 15.8. The summed E-state index contributed by atoms with van der Waals surface area (Å²) in [6, 6.07) is 0. The van der Waals surface area contributed by atoms with E-state index >= 15 is 0 Å². The van der Waals surface area contributed by atoms with E-state index in [9.17, 15) is 24.2 Å². The van der Waals surface area contributed by atoms with Crippen molar-refractivity contribution in [3.05, 3.63) is 24.3 Å². The van der Waals surface area contributed by atoms with Gasteiger partial charge in [-0.1, -0.05) is 199 Å². The summed E-state index contributed by atoms with van der Waals surface area (Å²) in [4.78, 5) is 35.0. The highest BCUT2D eigenvalue weighted by Gasteiger charge is 2.27. The van der Waals surface area contributed by atoms with E-state index in [1.807, 2.05) is 12.2 Å². The second-order valence-corrected chi connectivity index (χ2v) is 17.2. The highest BCUT2D eigenvalue weighted by Crippen LogP contribution is 2.43. The highest BCUT2D eigenvalue weighted by molar-refractivity contribution is 7.47. The molecule has 0 saturated heterocycles. The Labute approximate surface area is 348 Å². The zero-order valence-corrected chi connectivity index (χ0v) is 37.5. The summed E-state index contributed by atoms with van der Waals surface area (Å²) in [5, 5.41) is 18.3. The minimum atomic E-state index is -4.63. The van der Waals surface area contributed by atoms with E-state index in [1.54, 1.807) is 0 Å². The van der Waals surface area contributed by atoms with Crippen molar-refractivity contribution in [3.8, 4) is 0 Å². The molecule has 10 nitrogen and oxygen atoms in total. The Morgan fingerprint density at radius 3 is 1.42 bits per heavy atom. The van der Waals surface area contributed by atoms with Crippen LogP contribution in [0.1, 0.15) is 219 Å². The number of allylic oxidation sites excluding steroid dienone is 4. The Morgan fingerprint density at radius 1 is 0.526 bits per heavy atom. The number of aliphatic hydroxyl groups excluding tert-OH is 2. The van der Waals surface area contributed by atoms with Crippen molar-refractivity contribution in [2.75, 3.05) is 26.4 Å². The molecule has 0 amide bonds. The van der Waals surface area contributed by atoms with Crippen molar-refractivity contribution < 1.29 is 47.8 Å². The summed E-state index contributed by atoms with van der Waals surface area (Å²) in [6.07, 6.45) is 43.1. The van der Waals surface area contributed by atoms with E-state index in [0.717, 1.165) is 32.1 Å². The molecule has 336 valence electrons. The number of phosphoric acid groups is 1. The molecule has 0 aliphatic carbocycles. The topological polar surface area (TPSA) is 149 Å². The molecule has 0 aliphatic rings. The van der Waals surface area contributed by atoms with Crippen molar-refractivity contribution in [1.29, 1.82) is 0 Å². The van der Waals surface area contributed by atoms with Crippen molar-refractivity contribution >= 4 is 19.8 Å². The lowest BCUT2D eigenvalue weighted by molar-refractivity contribution is -0.161. The summed E-state index contributed by atoms with van der Waals surface area (Å²) in [5.74, 6) is -0.993. The van der Waals surface area contributed by atoms with Gasteiger partial charge in [-0.15, -0.1) is 0 Å². The molecule has 0 heterocycles. The Bertz CT molecular complexity index is 1000. The molecule has 0 aromatic heterocycles. The van der Waals surface area contributed by atoms with Crippen molar-refractivity contribution in [2.24, 2.45) is 0 Å². The van der Waals surface area contributed by atoms with Crippen LogP contribution in [-0.4, -0.2) is 65.7 Å². The maximum atomic E-state index is 12.6. The number of phosphoric ester groups is 1. The summed E-state index contributed by atoms with van der Waals surface area (Å²) in [7, 11) is -4.63. The van der Waals surface area contributed by atoms with Gasteiger partial charge in [-0.3, -0.25) is 18.6 Å². The zero-order valence-electron chi connectivity index (χ0n) is 36.6. The number of ether oxygens (including phenoxy) is 2. The quantitative estimate of drug-likeness (QED) is 0.0234. The van der Waals surface area contributed by atoms with Crippen molar-refractivity contribution in [1.82, 2.24) is 0 Å². The average Bonchev–Trinajstić information content (AvgIpc) is 3.20. The number of carbonyl (C=O) groups excluding carboxylic acids is 2. The van der Waals surface area contributed by atoms with E-state index in [0.29, 0.717) is 12.8 Å². The fourth-order valence-electron chi connectivity index (χ4n) is 6.52. The Morgan fingerprint density at radius 2 is 0.947 bits per heavy atom. The number of rotatable bonds is 44. The Hall–Kier alpha value is -1.55. The third kappa shape index (κ3) is 42.4. The lowest BCUT2D eigenvalue weighted by atomic mass is 10.0. The van der Waals surface area contributed by atoms with E-state index in [2.05, 4.69) is 30.5 Å². The van der Waals surface area contributed by atoms with Crippen LogP contribution in [0.5, 0.6) is 0 Å². The molecule has 3 N–H and O–H groups in total. The molecular formula is C46H87O10P. The van der Waals surface area contributed by atoms with Gasteiger partial charge in [0.1, 0.15) is 12.7 Å². The summed E-state index contributed by atoms with van der Waals surface area (Å²) >= 11 is 0. The normalized spacial score (nSPS) is 14.0. The van der Waals surface area contributed by atoms with Crippen molar-refractivity contribution in [3.63, 3.8) is 0 Å². The molecule has 0 fully saturated rings. The summed E-state index contributed by atoms with van der Waals surface area (Å²) < 4.78 is 32.7. The molecule has 3 atom stereocenters. The first kappa shape index (κ1) is 55.5. The van der Waals surface area contributed by atoms with E-state index in [-0.39, 0.29) is 19.4 Å². The van der Waals surface area contributed by atoms with Crippen LogP contribution in [0.25, 0.3) is 0 Å². The maximum Gasteiger partial charge on any atom is 0.472 e. The monoisotopic (exact) mass is 831 g/mol. The molecule has 11 heteroatoms. The van der Waals surface area contributed by atoms with Crippen LogP contribution >= 0.6 is 7.82 Å². The second kappa shape index (κ2) is 42.6. The van der Waals surface area contributed by atoms with Gasteiger partial charge in [0.25, 0.3) is 0 Å². The lowest BCUT2D eigenvalue weighted by Crippen LogP contribution is -2.29. The third-order valence-corrected chi connectivity index (χ3v) is 11.1. The van der Waals surface area contributed by atoms with Crippen LogP contribution in [0.2, 0.25) is 0 Å². The van der Waals surface area contributed by atoms with Gasteiger partial charge in [0.15, 0.2) is 6.10 Å². The average molecular weight is 831 g/mol. The number of esters is 2. The molecule has 2 unspecified atom stereocenters. The van der Waals surface area contributed by atoms with E-state index < -0.39 is 51.8 Å². The Balaban J connectivity index is 4.20. The van der Waals surface area contributed by atoms with Gasteiger partial charge in [0.2, 0.25) is 0 Å². The smallest absolute Gasteiger partial charge is 0.462 e. The largest absolute Gasteiger partial charge is 0.472 e. The number of hydrogen-bond donors (Lipinski definition) is 3.